The molecule has 0 radical (unpaired) electrons. The van der Waals surface area contributed by atoms with E-state index in [0.717, 1.165) is 67.5 Å². The minimum absolute atomic E-state index is 0.824. The largest absolute Gasteiger partial charge is 0.497 e. The van der Waals surface area contributed by atoms with Gasteiger partial charge in [-0.3, -0.25) is 0 Å². The highest BCUT2D eigenvalue weighted by atomic mass is 16.5. The van der Waals surface area contributed by atoms with Crippen LogP contribution in [0.1, 0.15) is 0 Å². The van der Waals surface area contributed by atoms with Crippen LogP contribution in [0.4, 0.5) is 0 Å². The first-order valence-electron chi connectivity index (χ1n) is 12.4. The van der Waals surface area contributed by atoms with Crippen molar-refractivity contribution in [1.82, 2.24) is 0 Å². The molecule has 0 N–H and O–H groups in total. The first-order chi connectivity index (χ1) is 18.6. The Morgan fingerprint density at radius 1 is 0.289 bits per heavy atom. The van der Waals surface area contributed by atoms with Gasteiger partial charge in [-0.2, -0.15) is 0 Å². The van der Waals surface area contributed by atoms with Crippen molar-refractivity contribution in [3.8, 4) is 67.5 Å². The van der Waals surface area contributed by atoms with Crippen LogP contribution < -0.4 is 18.9 Å². The summed E-state index contributed by atoms with van der Waals surface area (Å²) in [4.78, 5) is 0. The van der Waals surface area contributed by atoms with Crippen LogP contribution in [0.15, 0.2) is 109 Å². The molecule has 5 aromatic rings. The summed E-state index contributed by atoms with van der Waals surface area (Å²) in [6.45, 7) is 0. The molecule has 0 amide bonds. The molecular formula is C34H30O4. The summed E-state index contributed by atoms with van der Waals surface area (Å²) in [5.74, 6) is 3.30. The number of methoxy groups -OCH3 is 4. The molecule has 0 aliphatic carbocycles. The average molecular weight is 503 g/mol. The summed E-state index contributed by atoms with van der Waals surface area (Å²) in [5.41, 5.74) is 8.92. The standard InChI is InChI=1S/C34H30O4/c1-35-27-13-5-23(6-14-27)31-21-33(25-9-17-29(37-3)18-10-25)34(26-11-19-30(38-4)20-12-26)22-32(31)24-7-15-28(36-2)16-8-24/h5-22H,1-4H3. The molecule has 5 aromatic carbocycles. The number of ether oxygens (including phenoxy) is 4. The normalized spacial score (nSPS) is 10.6. The molecule has 0 atom stereocenters. The number of hydrogen-bond donors (Lipinski definition) is 0. The second-order valence-electron chi connectivity index (χ2n) is 8.86. The highest BCUT2D eigenvalue weighted by Crippen LogP contribution is 2.43. The Kier molecular flexibility index (Phi) is 7.32. The van der Waals surface area contributed by atoms with Crippen molar-refractivity contribution >= 4 is 0 Å². The fourth-order valence-electron chi connectivity index (χ4n) is 4.64. The lowest BCUT2D eigenvalue weighted by molar-refractivity contribution is 0.414. The number of rotatable bonds is 8. The van der Waals surface area contributed by atoms with Crippen LogP contribution in [-0.4, -0.2) is 28.4 Å². The SMILES string of the molecule is COc1ccc(-c2cc(-c3ccc(OC)cc3)c(-c3ccc(OC)cc3)cc2-c2ccc(OC)cc2)cc1. The Morgan fingerprint density at radius 2 is 0.474 bits per heavy atom. The fraction of sp³-hybridized carbons (Fsp3) is 0.118. The van der Waals surface area contributed by atoms with E-state index in [-0.39, 0.29) is 0 Å². The second kappa shape index (κ2) is 11.1. The van der Waals surface area contributed by atoms with Crippen molar-refractivity contribution in [2.45, 2.75) is 0 Å². The minimum Gasteiger partial charge on any atom is -0.497 e. The van der Waals surface area contributed by atoms with E-state index in [1.54, 1.807) is 28.4 Å². The van der Waals surface area contributed by atoms with Crippen LogP contribution in [0.5, 0.6) is 23.0 Å². The van der Waals surface area contributed by atoms with E-state index < -0.39 is 0 Å². The minimum atomic E-state index is 0.824. The third-order valence-corrected chi connectivity index (χ3v) is 6.76. The maximum absolute atomic E-state index is 5.42. The first kappa shape index (κ1) is 25.0. The maximum atomic E-state index is 5.42. The zero-order chi connectivity index (χ0) is 26.5. The first-order valence-corrected chi connectivity index (χ1v) is 12.4. The Bertz CT molecular complexity index is 1270. The summed E-state index contributed by atoms with van der Waals surface area (Å²) >= 11 is 0. The molecule has 0 saturated heterocycles. The lowest BCUT2D eigenvalue weighted by Gasteiger charge is -2.19. The third kappa shape index (κ3) is 5.07. The average Bonchev–Trinajstić information content (AvgIpc) is 3.00. The van der Waals surface area contributed by atoms with Gasteiger partial charge in [-0.1, -0.05) is 48.5 Å². The Balaban J connectivity index is 1.78. The van der Waals surface area contributed by atoms with Gasteiger partial charge >= 0.3 is 0 Å². The zero-order valence-corrected chi connectivity index (χ0v) is 22.0. The lowest BCUT2D eigenvalue weighted by atomic mass is 9.85. The van der Waals surface area contributed by atoms with E-state index in [0.29, 0.717) is 0 Å². The molecule has 0 unspecified atom stereocenters. The second-order valence-corrected chi connectivity index (χ2v) is 8.86. The molecular weight excluding hydrogens is 472 g/mol. The molecule has 0 fully saturated rings. The predicted molar refractivity (Wildman–Crippen MR) is 154 cm³/mol. The van der Waals surface area contributed by atoms with Crippen molar-refractivity contribution in [2.24, 2.45) is 0 Å². The molecule has 5 rings (SSSR count). The van der Waals surface area contributed by atoms with Crippen LogP contribution in [0.2, 0.25) is 0 Å². The van der Waals surface area contributed by atoms with Gasteiger partial charge in [0.15, 0.2) is 0 Å². The molecule has 4 nitrogen and oxygen atoms in total. The van der Waals surface area contributed by atoms with E-state index in [1.807, 2.05) is 48.5 Å². The van der Waals surface area contributed by atoms with Gasteiger partial charge in [-0.15, -0.1) is 0 Å². The Morgan fingerprint density at radius 3 is 0.632 bits per heavy atom. The third-order valence-electron chi connectivity index (χ3n) is 6.76. The maximum Gasteiger partial charge on any atom is 0.118 e. The zero-order valence-electron chi connectivity index (χ0n) is 22.0. The smallest absolute Gasteiger partial charge is 0.118 e. The van der Waals surface area contributed by atoms with Crippen LogP contribution in [0, 0.1) is 0 Å². The quantitative estimate of drug-likeness (QED) is 0.213. The van der Waals surface area contributed by atoms with Crippen molar-refractivity contribution < 1.29 is 18.9 Å². The van der Waals surface area contributed by atoms with Gasteiger partial charge in [0.25, 0.3) is 0 Å². The van der Waals surface area contributed by atoms with E-state index in [9.17, 15) is 0 Å². The van der Waals surface area contributed by atoms with Gasteiger partial charge in [0.2, 0.25) is 0 Å². The van der Waals surface area contributed by atoms with Crippen molar-refractivity contribution in [3.63, 3.8) is 0 Å². The van der Waals surface area contributed by atoms with Crippen molar-refractivity contribution in [3.05, 3.63) is 109 Å². The summed E-state index contributed by atoms with van der Waals surface area (Å²) < 4.78 is 21.7. The van der Waals surface area contributed by atoms with Crippen molar-refractivity contribution in [1.29, 1.82) is 0 Å². The summed E-state index contributed by atoms with van der Waals surface area (Å²) in [6.07, 6.45) is 0. The molecule has 190 valence electrons. The molecule has 0 spiro atoms. The fourth-order valence-corrected chi connectivity index (χ4v) is 4.64. The Hall–Kier alpha value is -4.70. The van der Waals surface area contributed by atoms with Crippen LogP contribution in [0.3, 0.4) is 0 Å². The summed E-state index contributed by atoms with van der Waals surface area (Å²) in [5, 5.41) is 0. The molecule has 0 aliphatic rings. The highest BCUT2D eigenvalue weighted by Gasteiger charge is 2.17. The number of hydrogen-bond acceptors (Lipinski definition) is 4. The number of benzene rings is 5. The van der Waals surface area contributed by atoms with Crippen molar-refractivity contribution in [2.75, 3.05) is 28.4 Å². The van der Waals surface area contributed by atoms with E-state index >= 15 is 0 Å². The topological polar surface area (TPSA) is 36.9 Å². The highest BCUT2D eigenvalue weighted by molar-refractivity contribution is 5.95. The van der Waals surface area contributed by atoms with Gasteiger partial charge in [0.1, 0.15) is 23.0 Å². The van der Waals surface area contributed by atoms with Gasteiger partial charge in [-0.25, -0.2) is 0 Å². The van der Waals surface area contributed by atoms with Crippen LogP contribution >= 0.6 is 0 Å². The van der Waals surface area contributed by atoms with Gasteiger partial charge in [0.05, 0.1) is 28.4 Å². The van der Waals surface area contributed by atoms with E-state index in [4.69, 9.17) is 18.9 Å². The molecule has 38 heavy (non-hydrogen) atoms. The molecule has 0 aliphatic heterocycles. The summed E-state index contributed by atoms with van der Waals surface area (Å²) in [6, 6.07) is 37.4. The monoisotopic (exact) mass is 502 g/mol. The molecule has 0 saturated carbocycles. The van der Waals surface area contributed by atoms with E-state index in [2.05, 4.69) is 60.7 Å². The molecule has 0 heterocycles. The van der Waals surface area contributed by atoms with Crippen LogP contribution in [-0.2, 0) is 0 Å². The molecule has 0 aromatic heterocycles. The predicted octanol–water partition coefficient (Wildman–Crippen LogP) is 8.39. The van der Waals surface area contributed by atoms with E-state index in [1.165, 1.54) is 0 Å². The van der Waals surface area contributed by atoms with Gasteiger partial charge in [-0.05, 0) is 105 Å². The van der Waals surface area contributed by atoms with Gasteiger partial charge < -0.3 is 18.9 Å². The summed E-state index contributed by atoms with van der Waals surface area (Å²) in [7, 11) is 6.74. The molecule has 4 heteroatoms. The molecule has 0 bridgehead atoms. The van der Waals surface area contributed by atoms with Gasteiger partial charge in [0, 0.05) is 0 Å². The van der Waals surface area contributed by atoms with Crippen LogP contribution in [0.25, 0.3) is 44.5 Å². The lowest BCUT2D eigenvalue weighted by Crippen LogP contribution is -1.93. The Labute approximate surface area is 224 Å².